The Balaban J connectivity index is 1.71. The summed E-state index contributed by atoms with van der Waals surface area (Å²) in [6.45, 7) is 0.702. The molecule has 2 aromatic carbocycles. The molecule has 2 aromatic rings. The predicted octanol–water partition coefficient (Wildman–Crippen LogP) is 3.18. The first kappa shape index (κ1) is 14.7. The summed E-state index contributed by atoms with van der Waals surface area (Å²) >= 11 is 0. The molecule has 0 aromatic heterocycles. The van der Waals surface area contributed by atoms with Gasteiger partial charge in [0.25, 0.3) is 11.6 Å². The van der Waals surface area contributed by atoms with Crippen molar-refractivity contribution in [1.82, 2.24) is 5.32 Å². The van der Waals surface area contributed by atoms with Gasteiger partial charge in [-0.3, -0.25) is 14.9 Å². The molecule has 0 saturated heterocycles. The zero-order chi connectivity index (χ0) is 16.7. The van der Waals surface area contributed by atoms with Gasteiger partial charge in [-0.15, -0.1) is 0 Å². The Morgan fingerprint density at radius 1 is 1.17 bits per heavy atom. The number of fused-ring (bicyclic) bond motifs is 1. The van der Waals surface area contributed by atoms with Crippen LogP contribution in [0.5, 0.6) is 0 Å². The van der Waals surface area contributed by atoms with E-state index in [4.69, 9.17) is 0 Å². The van der Waals surface area contributed by atoms with Crippen LogP contribution in [0.15, 0.2) is 42.5 Å². The number of nitrogens with zero attached hydrogens (tertiary/aromatic N) is 2. The van der Waals surface area contributed by atoms with Crippen LogP contribution in [-0.2, 0) is 6.42 Å². The van der Waals surface area contributed by atoms with E-state index in [0.29, 0.717) is 17.8 Å². The summed E-state index contributed by atoms with van der Waals surface area (Å²) in [7, 11) is 0. The van der Waals surface area contributed by atoms with Crippen LogP contribution in [0.3, 0.4) is 0 Å². The van der Waals surface area contributed by atoms with E-state index in [2.05, 4.69) is 5.32 Å². The molecule has 0 atom stereocenters. The molecule has 1 aliphatic carbocycles. The quantitative estimate of drug-likeness (QED) is 0.692. The minimum atomic E-state index is -0.413. The first-order valence-electron chi connectivity index (χ1n) is 8.08. The third-order valence-corrected chi connectivity index (χ3v) is 4.52. The van der Waals surface area contributed by atoms with Crippen LogP contribution in [0.1, 0.15) is 28.8 Å². The minimum absolute atomic E-state index is 0.0323. The molecule has 1 saturated carbocycles. The van der Waals surface area contributed by atoms with Crippen molar-refractivity contribution in [2.75, 3.05) is 11.4 Å². The third-order valence-electron chi connectivity index (χ3n) is 4.52. The molecule has 0 unspecified atom stereocenters. The summed E-state index contributed by atoms with van der Waals surface area (Å²) in [6, 6.07) is 12.9. The molecule has 0 spiro atoms. The summed E-state index contributed by atoms with van der Waals surface area (Å²) < 4.78 is 0. The number of para-hydroxylation sites is 1. The van der Waals surface area contributed by atoms with Crippen molar-refractivity contribution < 1.29 is 9.72 Å². The van der Waals surface area contributed by atoms with E-state index in [0.717, 1.165) is 24.9 Å². The van der Waals surface area contributed by atoms with Crippen molar-refractivity contribution in [3.05, 3.63) is 63.7 Å². The Morgan fingerprint density at radius 2 is 1.96 bits per heavy atom. The molecule has 4 rings (SSSR count). The molecule has 6 heteroatoms. The molecule has 6 nitrogen and oxygen atoms in total. The summed E-state index contributed by atoms with van der Waals surface area (Å²) in [4.78, 5) is 25.2. The molecule has 0 bridgehead atoms. The van der Waals surface area contributed by atoms with E-state index < -0.39 is 4.92 Å². The largest absolute Gasteiger partial charge is 0.349 e. The Bertz CT molecular complexity index is 830. The van der Waals surface area contributed by atoms with Crippen LogP contribution in [0.25, 0.3) is 0 Å². The van der Waals surface area contributed by atoms with Crippen LogP contribution in [0, 0.1) is 10.1 Å². The maximum absolute atomic E-state index is 12.2. The van der Waals surface area contributed by atoms with Gasteiger partial charge in [0.2, 0.25) is 0 Å². The zero-order valence-corrected chi connectivity index (χ0v) is 13.1. The second kappa shape index (κ2) is 5.63. The lowest BCUT2D eigenvalue weighted by Gasteiger charge is -2.19. The fraction of sp³-hybridized carbons (Fsp3) is 0.278. The second-order valence-corrected chi connectivity index (χ2v) is 6.24. The van der Waals surface area contributed by atoms with Gasteiger partial charge >= 0.3 is 0 Å². The van der Waals surface area contributed by atoms with Gasteiger partial charge in [0.05, 0.1) is 4.92 Å². The molecular weight excluding hydrogens is 306 g/mol. The van der Waals surface area contributed by atoms with Crippen molar-refractivity contribution in [3.8, 4) is 0 Å². The highest BCUT2D eigenvalue weighted by molar-refractivity contribution is 5.96. The van der Waals surface area contributed by atoms with E-state index in [1.54, 1.807) is 12.1 Å². The van der Waals surface area contributed by atoms with Crippen molar-refractivity contribution >= 4 is 23.0 Å². The van der Waals surface area contributed by atoms with Crippen LogP contribution in [0.4, 0.5) is 17.1 Å². The molecule has 1 fully saturated rings. The number of carbonyl (C=O) groups excluding carboxylic acids is 1. The number of hydrogen-bond acceptors (Lipinski definition) is 4. The minimum Gasteiger partial charge on any atom is -0.349 e. The standard InChI is InChI=1S/C18H17N3O3/c22-18(19-14-6-7-14)13-5-8-16(17(11-13)21(23)24)20-10-9-12-3-1-2-4-15(12)20/h1-5,8,11,14H,6-7,9-10H2,(H,19,22). The number of nitro groups is 1. The molecular formula is C18H17N3O3. The lowest BCUT2D eigenvalue weighted by molar-refractivity contribution is -0.384. The van der Waals surface area contributed by atoms with Crippen molar-refractivity contribution in [2.45, 2.75) is 25.3 Å². The maximum atomic E-state index is 12.2. The summed E-state index contributed by atoms with van der Waals surface area (Å²) in [5.41, 5.74) is 3.02. The van der Waals surface area contributed by atoms with Gasteiger partial charge in [0.15, 0.2) is 0 Å². The third kappa shape index (κ3) is 2.60. The van der Waals surface area contributed by atoms with Gasteiger partial charge in [-0.05, 0) is 43.0 Å². The number of amides is 1. The van der Waals surface area contributed by atoms with Crippen LogP contribution < -0.4 is 10.2 Å². The van der Waals surface area contributed by atoms with E-state index in [9.17, 15) is 14.9 Å². The van der Waals surface area contributed by atoms with Gasteiger partial charge in [-0.2, -0.15) is 0 Å². The lowest BCUT2D eigenvalue weighted by Crippen LogP contribution is -2.25. The van der Waals surface area contributed by atoms with Gasteiger partial charge in [0.1, 0.15) is 5.69 Å². The smallest absolute Gasteiger partial charge is 0.293 e. The number of hydrogen-bond donors (Lipinski definition) is 1. The Morgan fingerprint density at radius 3 is 2.71 bits per heavy atom. The SMILES string of the molecule is O=C(NC1CC1)c1ccc(N2CCc3ccccc32)c([N+](=O)[O-])c1. The van der Waals surface area contributed by atoms with E-state index >= 15 is 0 Å². The van der Waals surface area contributed by atoms with Gasteiger partial charge in [-0.25, -0.2) is 0 Å². The fourth-order valence-electron chi connectivity index (χ4n) is 3.12. The number of rotatable bonds is 4. The highest BCUT2D eigenvalue weighted by Gasteiger charge is 2.28. The Hall–Kier alpha value is -2.89. The zero-order valence-electron chi connectivity index (χ0n) is 13.1. The van der Waals surface area contributed by atoms with Crippen LogP contribution in [0.2, 0.25) is 0 Å². The van der Waals surface area contributed by atoms with Crippen LogP contribution >= 0.6 is 0 Å². The number of benzene rings is 2. The average molecular weight is 323 g/mol. The van der Waals surface area contributed by atoms with E-state index in [1.807, 2.05) is 29.2 Å². The number of nitro benzene ring substituents is 1. The molecule has 0 radical (unpaired) electrons. The highest BCUT2D eigenvalue weighted by Crippen LogP contribution is 2.39. The number of carbonyl (C=O) groups is 1. The average Bonchev–Trinajstić information content (AvgIpc) is 3.30. The molecule has 1 heterocycles. The summed E-state index contributed by atoms with van der Waals surface area (Å²) in [6.07, 6.45) is 2.82. The normalized spacial score (nSPS) is 15.9. The Kier molecular flexibility index (Phi) is 3.45. The van der Waals surface area contributed by atoms with Gasteiger partial charge in [-0.1, -0.05) is 18.2 Å². The molecule has 122 valence electrons. The van der Waals surface area contributed by atoms with E-state index in [-0.39, 0.29) is 17.6 Å². The fourth-order valence-corrected chi connectivity index (χ4v) is 3.12. The molecule has 1 amide bonds. The van der Waals surface area contributed by atoms with E-state index in [1.165, 1.54) is 11.6 Å². The highest BCUT2D eigenvalue weighted by atomic mass is 16.6. The summed E-state index contributed by atoms with van der Waals surface area (Å²) in [5, 5.41) is 14.4. The number of anilines is 2. The van der Waals surface area contributed by atoms with Gasteiger partial charge < -0.3 is 10.2 Å². The second-order valence-electron chi connectivity index (χ2n) is 6.24. The van der Waals surface area contributed by atoms with Crippen molar-refractivity contribution in [1.29, 1.82) is 0 Å². The number of nitrogens with one attached hydrogen (secondary N) is 1. The predicted molar refractivity (Wildman–Crippen MR) is 90.7 cm³/mol. The molecule has 24 heavy (non-hydrogen) atoms. The summed E-state index contributed by atoms with van der Waals surface area (Å²) in [5.74, 6) is -0.242. The lowest BCUT2D eigenvalue weighted by atomic mass is 10.1. The maximum Gasteiger partial charge on any atom is 0.293 e. The Labute approximate surface area is 139 Å². The first-order chi connectivity index (χ1) is 11.6. The van der Waals surface area contributed by atoms with Crippen molar-refractivity contribution in [3.63, 3.8) is 0 Å². The molecule has 1 aliphatic heterocycles. The molecule has 1 N–H and O–H groups in total. The first-order valence-corrected chi connectivity index (χ1v) is 8.08. The topological polar surface area (TPSA) is 75.5 Å². The molecule has 2 aliphatic rings. The monoisotopic (exact) mass is 323 g/mol. The van der Waals surface area contributed by atoms with Gasteiger partial charge in [0, 0.05) is 29.9 Å². The van der Waals surface area contributed by atoms with Crippen LogP contribution in [-0.4, -0.2) is 23.4 Å². The van der Waals surface area contributed by atoms with Crippen molar-refractivity contribution in [2.24, 2.45) is 0 Å².